The molecule has 1 aromatic rings. The van der Waals surface area contributed by atoms with Crippen molar-refractivity contribution in [2.75, 3.05) is 0 Å². The number of hydrogen-bond donors (Lipinski definition) is 2. The van der Waals surface area contributed by atoms with Gasteiger partial charge in [-0.2, -0.15) is 13.2 Å². The molecule has 0 heterocycles. The zero-order chi connectivity index (χ0) is 14.1. The maximum Gasteiger partial charge on any atom is 0.417 e. The molecule has 0 aliphatic rings. The number of aliphatic hydroxyl groups excluding tert-OH is 1. The number of hydrogen-bond acceptors (Lipinski definition) is 2. The van der Waals surface area contributed by atoms with Gasteiger partial charge in [-0.1, -0.05) is 31.5 Å². The van der Waals surface area contributed by atoms with Crippen molar-refractivity contribution in [3.05, 3.63) is 34.3 Å². The third kappa shape index (κ3) is 3.37. The molecule has 0 spiro atoms. The van der Waals surface area contributed by atoms with Gasteiger partial charge >= 0.3 is 6.18 Å². The summed E-state index contributed by atoms with van der Waals surface area (Å²) in [4.78, 5) is 0. The molecule has 0 radical (unpaired) electrons. The Labute approximate surface area is 109 Å². The Balaban J connectivity index is 3.13. The fourth-order valence-electron chi connectivity index (χ4n) is 1.58. The van der Waals surface area contributed by atoms with Crippen molar-refractivity contribution >= 4 is 11.6 Å². The molecule has 102 valence electrons. The van der Waals surface area contributed by atoms with Crippen LogP contribution < -0.4 is 5.73 Å². The summed E-state index contributed by atoms with van der Waals surface area (Å²) in [6.07, 6.45) is -5.44. The second kappa shape index (κ2) is 5.47. The van der Waals surface area contributed by atoms with Gasteiger partial charge in [-0.3, -0.25) is 0 Å². The minimum Gasteiger partial charge on any atom is -0.391 e. The van der Waals surface area contributed by atoms with Crippen LogP contribution in [-0.4, -0.2) is 11.2 Å². The van der Waals surface area contributed by atoms with E-state index in [2.05, 4.69) is 0 Å². The third-order valence-electron chi connectivity index (χ3n) is 2.73. The van der Waals surface area contributed by atoms with Crippen molar-refractivity contribution < 1.29 is 18.3 Å². The Kier molecular flexibility index (Phi) is 4.64. The largest absolute Gasteiger partial charge is 0.417 e. The summed E-state index contributed by atoms with van der Waals surface area (Å²) in [5, 5.41) is 9.39. The first-order valence-electron chi connectivity index (χ1n) is 5.45. The van der Waals surface area contributed by atoms with Gasteiger partial charge in [-0.25, -0.2) is 0 Å². The van der Waals surface area contributed by atoms with Crippen LogP contribution in [0.4, 0.5) is 13.2 Å². The lowest BCUT2D eigenvalue weighted by Crippen LogP contribution is -2.30. The van der Waals surface area contributed by atoms with Crippen molar-refractivity contribution in [2.45, 2.75) is 32.2 Å². The van der Waals surface area contributed by atoms with Crippen molar-refractivity contribution in [1.82, 2.24) is 0 Å². The smallest absolute Gasteiger partial charge is 0.391 e. The fraction of sp³-hybridized carbons (Fsp3) is 0.500. The maximum atomic E-state index is 12.7. The molecule has 3 N–H and O–H groups in total. The quantitative estimate of drug-likeness (QED) is 0.892. The molecular weight excluding hydrogens is 267 g/mol. The van der Waals surface area contributed by atoms with Gasteiger partial charge in [0.1, 0.15) is 0 Å². The first kappa shape index (κ1) is 15.3. The van der Waals surface area contributed by atoms with E-state index in [1.165, 1.54) is 6.07 Å². The Morgan fingerprint density at radius 1 is 1.28 bits per heavy atom. The molecule has 0 amide bonds. The minimum absolute atomic E-state index is 0.148. The molecule has 0 fully saturated rings. The number of halogens is 4. The molecule has 1 aromatic carbocycles. The normalized spacial score (nSPS) is 15.8. The van der Waals surface area contributed by atoms with E-state index in [4.69, 9.17) is 17.3 Å². The highest BCUT2D eigenvalue weighted by atomic mass is 35.5. The molecule has 2 atom stereocenters. The summed E-state index contributed by atoms with van der Waals surface area (Å²) in [5.41, 5.74) is 5.02. The standard InChI is InChI=1S/C12H15ClF3NO/c1-6(2)11(18)10(17)7-3-4-9(13)8(5-7)12(14,15)16/h3-6,10-11,18H,17H2,1-2H3/t10-,11+/m1/s1. The van der Waals surface area contributed by atoms with Gasteiger partial charge in [0.2, 0.25) is 0 Å². The van der Waals surface area contributed by atoms with E-state index in [0.29, 0.717) is 0 Å². The van der Waals surface area contributed by atoms with E-state index >= 15 is 0 Å². The SMILES string of the molecule is CC(C)[C@H](O)[C@H](N)c1ccc(Cl)c(C(F)(F)F)c1. The van der Waals surface area contributed by atoms with Gasteiger partial charge in [-0.05, 0) is 23.6 Å². The highest BCUT2D eigenvalue weighted by molar-refractivity contribution is 6.31. The first-order valence-corrected chi connectivity index (χ1v) is 5.82. The molecule has 0 saturated heterocycles. The second-order valence-corrected chi connectivity index (χ2v) is 4.90. The first-order chi connectivity index (χ1) is 8.14. The molecular formula is C12H15ClF3NO. The average Bonchev–Trinajstić information content (AvgIpc) is 2.26. The highest BCUT2D eigenvalue weighted by Gasteiger charge is 2.34. The van der Waals surface area contributed by atoms with Crippen LogP contribution in [0.2, 0.25) is 5.02 Å². The number of alkyl halides is 3. The predicted octanol–water partition coefficient (Wildman–Crippen LogP) is 3.38. The Morgan fingerprint density at radius 2 is 1.83 bits per heavy atom. The molecule has 0 bridgehead atoms. The summed E-state index contributed by atoms with van der Waals surface area (Å²) >= 11 is 5.50. The zero-order valence-electron chi connectivity index (χ0n) is 10.0. The van der Waals surface area contributed by atoms with Gasteiger partial charge in [0.15, 0.2) is 0 Å². The van der Waals surface area contributed by atoms with Gasteiger partial charge in [0.25, 0.3) is 0 Å². The van der Waals surface area contributed by atoms with Crippen LogP contribution >= 0.6 is 11.6 Å². The summed E-state index contributed by atoms with van der Waals surface area (Å²) in [5.74, 6) is -0.148. The Hall–Kier alpha value is -0.780. The summed E-state index contributed by atoms with van der Waals surface area (Å²) in [7, 11) is 0. The van der Waals surface area contributed by atoms with E-state index in [0.717, 1.165) is 12.1 Å². The van der Waals surface area contributed by atoms with Crippen molar-refractivity contribution in [3.63, 3.8) is 0 Å². The van der Waals surface area contributed by atoms with Crippen LogP contribution in [0, 0.1) is 5.92 Å². The van der Waals surface area contributed by atoms with Crippen LogP contribution in [0.1, 0.15) is 31.0 Å². The molecule has 0 aliphatic heterocycles. The van der Waals surface area contributed by atoms with Gasteiger partial charge in [0.05, 0.1) is 22.7 Å². The number of benzene rings is 1. The molecule has 18 heavy (non-hydrogen) atoms. The van der Waals surface area contributed by atoms with Gasteiger partial charge in [-0.15, -0.1) is 0 Å². The summed E-state index contributed by atoms with van der Waals surface area (Å²) in [6.45, 7) is 3.48. The fourth-order valence-corrected chi connectivity index (χ4v) is 1.80. The Morgan fingerprint density at radius 3 is 2.28 bits per heavy atom. The van der Waals surface area contributed by atoms with E-state index in [9.17, 15) is 18.3 Å². The third-order valence-corrected chi connectivity index (χ3v) is 3.06. The molecule has 0 unspecified atom stereocenters. The van der Waals surface area contributed by atoms with Crippen LogP contribution in [0.25, 0.3) is 0 Å². The number of aliphatic hydroxyl groups is 1. The van der Waals surface area contributed by atoms with Crippen LogP contribution in [0.5, 0.6) is 0 Å². The summed E-state index contributed by atoms with van der Waals surface area (Å²) < 4.78 is 38.0. The highest BCUT2D eigenvalue weighted by Crippen LogP contribution is 2.36. The second-order valence-electron chi connectivity index (χ2n) is 4.50. The molecule has 0 saturated carbocycles. The zero-order valence-corrected chi connectivity index (χ0v) is 10.8. The molecule has 6 heteroatoms. The lowest BCUT2D eigenvalue weighted by Gasteiger charge is -2.23. The van der Waals surface area contributed by atoms with Gasteiger partial charge in [0, 0.05) is 0 Å². The molecule has 1 rings (SSSR count). The van der Waals surface area contributed by atoms with Crippen molar-refractivity contribution in [2.24, 2.45) is 11.7 Å². The van der Waals surface area contributed by atoms with Crippen LogP contribution in [-0.2, 0) is 6.18 Å². The van der Waals surface area contributed by atoms with Crippen molar-refractivity contribution in [1.29, 1.82) is 0 Å². The van der Waals surface area contributed by atoms with E-state index in [1.807, 2.05) is 0 Å². The molecule has 2 nitrogen and oxygen atoms in total. The molecule has 0 aromatic heterocycles. The monoisotopic (exact) mass is 281 g/mol. The maximum absolute atomic E-state index is 12.7. The number of nitrogens with two attached hydrogens (primary N) is 1. The lowest BCUT2D eigenvalue weighted by atomic mass is 9.93. The average molecular weight is 282 g/mol. The summed E-state index contributed by atoms with van der Waals surface area (Å²) in [6, 6.07) is 2.56. The predicted molar refractivity (Wildman–Crippen MR) is 64.2 cm³/mol. The van der Waals surface area contributed by atoms with E-state index in [-0.39, 0.29) is 16.5 Å². The number of rotatable bonds is 3. The van der Waals surface area contributed by atoms with Crippen LogP contribution in [0.3, 0.4) is 0 Å². The molecule has 0 aliphatic carbocycles. The topological polar surface area (TPSA) is 46.2 Å². The lowest BCUT2D eigenvalue weighted by molar-refractivity contribution is -0.137. The van der Waals surface area contributed by atoms with Gasteiger partial charge < -0.3 is 10.8 Å². The van der Waals surface area contributed by atoms with E-state index in [1.54, 1.807) is 13.8 Å². The van der Waals surface area contributed by atoms with E-state index < -0.39 is 23.9 Å². The van der Waals surface area contributed by atoms with Crippen molar-refractivity contribution in [3.8, 4) is 0 Å². The Bertz CT molecular complexity index is 420. The van der Waals surface area contributed by atoms with Crippen LogP contribution in [0.15, 0.2) is 18.2 Å². The minimum atomic E-state index is -4.53.